The summed E-state index contributed by atoms with van der Waals surface area (Å²) in [7, 11) is 2.24. The number of hydrogen-bond acceptors (Lipinski definition) is 4. The van der Waals surface area contributed by atoms with Crippen LogP contribution in [0.15, 0.2) is 18.2 Å². The topological polar surface area (TPSA) is 64.3 Å². The lowest BCUT2D eigenvalue weighted by molar-refractivity contribution is -0.125. The van der Waals surface area contributed by atoms with E-state index in [1.54, 1.807) is 0 Å². The minimum atomic E-state index is 0.0461. The van der Waals surface area contributed by atoms with Gasteiger partial charge in [-0.2, -0.15) is 0 Å². The number of fused-ring (bicyclic) bond motifs is 1. The van der Waals surface area contributed by atoms with E-state index in [2.05, 4.69) is 52.3 Å². The number of nitrogens with one attached hydrogen (secondary N) is 2. The quantitative estimate of drug-likeness (QED) is 0.679. The maximum absolute atomic E-state index is 12.8. The van der Waals surface area contributed by atoms with Gasteiger partial charge in [0.2, 0.25) is 11.9 Å². The SMILES string of the molecule is Cc1ccc2nc(N3CCC[C@H](C(=O)NCCCN(C)C4CCCCC4)C3)[nH]c2c1. The molecule has 164 valence electrons. The highest BCUT2D eigenvalue weighted by molar-refractivity contribution is 5.80. The first-order valence-electron chi connectivity index (χ1n) is 11.8. The Labute approximate surface area is 180 Å². The molecule has 30 heavy (non-hydrogen) atoms. The summed E-state index contributed by atoms with van der Waals surface area (Å²) in [5, 5.41) is 3.19. The van der Waals surface area contributed by atoms with Crippen molar-refractivity contribution in [3.8, 4) is 0 Å². The average Bonchev–Trinajstić information content (AvgIpc) is 3.20. The summed E-state index contributed by atoms with van der Waals surface area (Å²) in [4.78, 5) is 25.7. The maximum atomic E-state index is 12.8. The third kappa shape index (κ3) is 5.15. The molecule has 1 aliphatic heterocycles. The van der Waals surface area contributed by atoms with Crippen LogP contribution in [-0.2, 0) is 4.79 Å². The van der Waals surface area contributed by atoms with Crippen LogP contribution in [-0.4, -0.2) is 60.0 Å². The Kier molecular flexibility index (Phi) is 6.93. The third-order valence-electron chi connectivity index (χ3n) is 6.90. The predicted molar refractivity (Wildman–Crippen MR) is 123 cm³/mol. The van der Waals surface area contributed by atoms with Gasteiger partial charge >= 0.3 is 0 Å². The van der Waals surface area contributed by atoms with E-state index in [0.717, 1.165) is 68.5 Å². The van der Waals surface area contributed by atoms with Gasteiger partial charge in [0.1, 0.15) is 0 Å². The van der Waals surface area contributed by atoms with E-state index in [1.165, 1.54) is 37.7 Å². The third-order valence-corrected chi connectivity index (χ3v) is 6.90. The molecule has 1 amide bonds. The lowest BCUT2D eigenvalue weighted by atomic mass is 9.94. The molecule has 2 fully saturated rings. The van der Waals surface area contributed by atoms with Crippen LogP contribution in [0, 0.1) is 12.8 Å². The Morgan fingerprint density at radius 2 is 2.07 bits per heavy atom. The largest absolute Gasteiger partial charge is 0.356 e. The standard InChI is InChI=1S/C24H37N5O/c1-18-11-12-21-22(16-18)27-24(26-21)29-15-6-8-19(17-29)23(30)25-13-7-14-28(2)20-9-4-3-5-10-20/h11-12,16,19-20H,3-10,13-15,17H2,1-2H3,(H,25,30)(H,26,27)/t19-/m0/s1. The number of carbonyl (C=O) groups excluding carboxylic acids is 1. The van der Waals surface area contributed by atoms with E-state index in [0.29, 0.717) is 0 Å². The Balaban J connectivity index is 1.24. The van der Waals surface area contributed by atoms with Crippen LogP contribution in [0.3, 0.4) is 0 Å². The van der Waals surface area contributed by atoms with Gasteiger partial charge in [-0.1, -0.05) is 25.3 Å². The number of H-pyrrole nitrogens is 1. The molecule has 6 nitrogen and oxygen atoms in total. The molecular weight excluding hydrogens is 374 g/mol. The van der Waals surface area contributed by atoms with Crippen LogP contribution in [0.1, 0.15) is 56.9 Å². The zero-order valence-corrected chi connectivity index (χ0v) is 18.6. The van der Waals surface area contributed by atoms with Crippen LogP contribution in [0.4, 0.5) is 5.95 Å². The molecule has 1 atom stereocenters. The molecule has 0 radical (unpaired) electrons. The van der Waals surface area contributed by atoms with Crippen LogP contribution in [0.25, 0.3) is 11.0 Å². The van der Waals surface area contributed by atoms with Crippen molar-refractivity contribution in [2.45, 2.75) is 64.3 Å². The summed E-state index contributed by atoms with van der Waals surface area (Å²) >= 11 is 0. The molecule has 1 saturated carbocycles. The predicted octanol–water partition coefficient (Wildman–Crippen LogP) is 3.86. The van der Waals surface area contributed by atoms with E-state index in [1.807, 2.05) is 0 Å². The molecule has 2 heterocycles. The lowest BCUT2D eigenvalue weighted by Crippen LogP contribution is -2.44. The fourth-order valence-corrected chi connectivity index (χ4v) is 5.03. The summed E-state index contributed by atoms with van der Waals surface area (Å²) < 4.78 is 0. The Bertz CT molecular complexity index is 841. The van der Waals surface area contributed by atoms with Crippen molar-refractivity contribution < 1.29 is 4.79 Å². The van der Waals surface area contributed by atoms with Crippen molar-refractivity contribution in [3.05, 3.63) is 23.8 Å². The van der Waals surface area contributed by atoms with Gasteiger partial charge in [-0.25, -0.2) is 4.98 Å². The van der Waals surface area contributed by atoms with Crippen molar-refractivity contribution in [3.63, 3.8) is 0 Å². The summed E-state index contributed by atoms with van der Waals surface area (Å²) in [6.45, 7) is 5.63. The Hall–Kier alpha value is -2.08. The number of carbonyl (C=O) groups is 1. The number of aromatic nitrogens is 2. The first kappa shape index (κ1) is 21.2. The molecule has 0 bridgehead atoms. The second kappa shape index (κ2) is 9.82. The van der Waals surface area contributed by atoms with Crippen molar-refractivity contribution >= 4 is 22.9 Å². The van der Waals surface area contributed by atoms with Gasteiger partial charge in [0, 0.05) is 25.7 Å². The minimum Gasteiger partial charge on any atom is -0.356 e. The second-order valence-corrected chi connectivity index (χ2v) is 9.28. The van der Waals surface area contributed by atoms with Gasteiger partial charge in [-0.3, -0.25) is 4.79 Å². The number of aromatic amines is 1. The molecular formula is C24H37N5O. The molecule has 2 aliphatic rings. The number of nitrogens with zero attached hydrogens (tertiary/aromatic N) is 3. The van der Waals surface area contributed by atoms with Gasteiger partial charge in [0.15, 0.2) is 0 Å². The molecule has 2 aromatic rings. The number of piperidine rings is 1. The Morgan fingerprint density at radius 3 is 2.90 bits per heavy atom. The highest BCUT2D eigenvalue weighted by Crippen LogP contribution is 2.24. The number of amides is 1. The van der Waals surface area contributed by atoms with E-state index in [-0.39, 0.29) is 11.8 Å². The number of benzene rings is 1. The minimum absolute atomic E-state index is 0.0461. The zero-order chi connectivity index (χ0) is 20.9. The van der Waals surface area contributed by atoms with E-state index < -0.39 is 0 Å². The average molecular weight is 412 g/mol. The number of aryl methyl sites for hydroxylation is 1. The molecule has 0 unspecified atom stereocenters. The van der Waals surface area contributed by atoms with Gasteiger partial charge in [-0.15, -0.1) is 0 Å². The molecule has 4 rings (SSSR count). The molecule has 2 N–H and O–H groups in total. The first-order chi connectivity index (χ1) is 14.6. The lowest BCUT2D eigenvalue weighted by Gasteiger charge is -2.32. The van der Waals surface area contributed by atoms with Gasteiger partial charge in [0.25, 0.3) is 0 Å². The van der Waals surface area contributed by atoms with Gasteiger partial charge in [-0.05, 0) is 70.3 Å². The second-order valence-electron chi connectivity index (χ2n) is 9.28. The monoisotopic (exact) mass is 411 g/mol. The van der Waals surface area contributed by atoms with Crippen LogP contribution < -0.4 is 10.2 Å². The van der Waals surface area contributed by atoms with Crippen molar-refractivity contribution in [1.29, 1.82) is 0 Å². The zero-order valence-electron chi connectivity index (χ0n) is 18.6. The van der Waals surface area contributed by atoms with Crippen molar-refractivity contribution in [1.82, 2.24) is 20.2 Å². The highest BCUT2D eigenvalue weighted by Gasteiger charge is 2.27. The molecule has 1 aromatic heterocycles. The van der Waals surface area contributed by atoms with Gasteiger partial charge in [0.05, 0.1) is 17.0 Å². The number of hydrogen-bond donors (Lipinski definition) is 2. The van der Waals surface area contributed by atoms with Crippen molar-refractivity contribution in [2.24, 2.45) is 5.92 Å². The first-order valence-corrected chi connectivity index (χ1v) is 11.8. The molecule has 0 spiro atoms. The van der Waals surface area contributed by atoms with Crippen LogP contribution in [0.2, 0.25) is 0 Å². The summed E-state index contributed by atoms with van der Waals surface area (Å²) in [6, 6.07) is 7.02. The van der Waals surface area contributed by atoms with Crippen molar-refractivity contribution in [2.75, 3.05) is 38.1 Å². The fourth-order valence-electron chi connectivity index (χ4n) is 5.03. The number of rotatable bonds is 7. The normalized spacial score (nSPS) is 20.8. The summed E-state index contributed by atoms with van der Waals surface area (Å²) in [5.74, 6) is 1.14. The van der Waals surface area contributed by atoms with Gasteiger partial charge < -0.3 is 20.1 Å². The van der Waals surface area contributed by atoms with E-state index >= 15 is 0 Å². The van der Waals surface area contributed by atoms with Crippen LogP contribution in [0.5, 0.6) is 0 Å². The smallest absolute Gasteiger partial charge is 0.224 e. The van der Waals surface area contributed by atoms with Crippen LogP contribution >= 0.6 is 0 Å². The van der Waals surface area contributed by atoms with E-state index in [9.17, 15) is 4.79 Å². The summed E-state index contributed by atoms with van der Waals surface area (Å²) in [6.07, 6.45) is 9.82. The maximum Gasteiger partial charge on any atom is 0.224 e. The molecule has 1 aliphatic carbocycles. The number of anilines is 1. The summed E-state index contributed by atoms with van der Waals surface area (Å²) in [5.41, 5.74) is 3.28. The molecule has 1 saturated heterocycles. The highest BCUT2D eigenvalue weighted by atomic mass is 16.1. The van der Waals surface area contributed by atoms with E-state index in [4.69, 9.17) is 4.98 Å². The number of imidazole rings is 1. The fraction of sp³-hybridized carbons (Fsp3) is 0.667. The Morgan fingerprint density at radius 1 is 1.23 bits per heavy atom. The molecule has 1 aromatic carbocycles. The molecule has 6 heteroatoms.